The first-order valence-corrected chi connectivity index (χ1v) is 9.20. The number of hydrogen-bond acceptors (Lipinski definition) is 4. The molecule has 4 rings (SSSR count). The summed E-state index contributed by atoms with van der Waals surface area (Å²) in [6, 6.07) is 6.34. The lowest BCUT2D eigenvalue weighted by atomic mass is 9.86. The number of H-pyrrole nitrogens is 1. The van der Waals surface area contributed by atoms with Gasteiger partial charge < -0.3 is 4.90 Å². The molecule has 0 unspecified atom stereocenters. The number of nitrogens with zero attached hydrogens (tertiary/aromatic N) is 4. The number of piperazine rings is 1. The van der Waals surface area contributed by atoms with E-state index in [0.717, 1.165) is 62.4 Å². The summed E-state index contributed by atoms with van der Waals surface area (Å²) < 4.78 is 0. The van der Waals surface area contributed by atoms with Gasteiger partial charge in [0.25, 0.3) is 0 Å². The van der Waals surface area contributed by atoms with Gasteiger partial charge in [-0.25, -0.2) is 0 Å². The van der Waals surface area contributed by atoms with Crippen LogP contribution in [0.3, 0.4) is 0 Å². The Hall–Kier alpha value is -2.21. The Morgan fingerprint density at radius 1 is 1.28 bits per heavy atom. The second-order valence-corrected chi connectivity index (χ2v) is 7.04. The Kier molecular flexibility index (Phi) is 4.53. The standard InChI is InChI=1S/C19H25N5O/c1-14(17-6-2-3-8-20-17)23-9-11-24(12-10-23)19(25)15-5-4-7-18-16(15)13-21-22-18/h2-3,6,8,13-15H,4-5,7,9-12H2,1H3,(H,21,22)/t14-,15+/m0/s1. The molecule has 6 nitrogen and oxygen atoms in total. The van der Waals surface area contributed by atoms with Crippen molar-refractivity contribution in [3.63, 3.8) is 0 Å². The average molecular weight is 339 g/mol. The fourth-order valence-corrected chi connectivity index (χ4v) is 4.08. The first-order valence-electron chi connectivity index (χ1n) is 9.20. The number of rotatable bonds is 3. The number of aryl methyl sites for hydroxylation is 1. The van der Waals surface area contributed by atoms with E-state index in [1.54, 1.807) is 0 Å². The van der Waals surface area contributed by atoms with Crippen molar-refractivity contribution in [3.8, 4) is 0 Å². The highest BCUT2D eigenvalue weighted by molar-refractivity contribution is 5.84. The zero-order valence-electron chi connectivity index (χ0n) is 14.7. The van der Waals surface area contributed by atoms with Crippen LogP contribution in [0.15, 0.2) is 30.6 Å². The maximum absolute atomic E-state index is 13.0. The van der Waals surface area contributed by atoms with Crippen LogP contribution in [-0.2, 0) is 11.2 Å². The number of carbonyl (C=O) groups excluding carboxylic acids is 1. The molecule has 0 radical (unpaired) electrons. The summed E-state index contributed by atoms with van der Waals surface area (Å²) in [5, 5.41) is 7.19. The molecule has 1 N–H and O–H groups in total. The molecule has 0 saturated carbocycles. The lowest BCUT2D eigenvalue weighted by molar-refractivity contribution is -0.135. The third kappa shape index (κ3) is 3.18. The van der Waals surface area contributed by atoms with Crippen molar-refractivity contribution in [2.45, 2.75) is 38.1 Å². The quantitative estimate of drug-likeness (QED) is 0.930. The van der Waals surface area contributed by atoms with Crippen molar-refractivity contribution in [1.82, 2.24) is 25.0 Å². The number of aromatic amines is 1. The van der Waals surface area contributed by atoms with Crippen molar-refractivity contribution in [1.29, 1.82) is 0 Å². The Balaban J connectivity index is 1.39. The molecule has 1 aliphatic heterocycles. The summed E-state index contributed by atoms with van der Waals surface area (Å²) >= 11 is 0. The van der Waals surface area contributed by atoms with Gasteiger partial charge in [0, 0.05) is 49.7 Å². The molecule has 3 heterocycles. The molecular weight excluding hydrogens is 314 g/mol. The highest BCUT2D eigenvalue weighted by Gasteiger charge is 2.33. The van der Waals surface area contributed by atoms with Gasteiger partial charge in [0.1, 0.15) is 0 Å². The van der Waals surface area contributed by atoms with Crippen LogP contribution in [0.25, 0.3) is 0 Å². The summed E-state index contributed by atoms with van der Waals surface area (Å²) in [7, 11) is 0. The summed E-state index contributed by atoms with van der Waals surface area (Å²) in [5.41, 5.74) is 3.35. The first kappa shape index (κ1) is 16.3. The van der Waals surface area contributed by atoms with E-state index < -0.39 is 0 Å². The van der Waals surface area contributed by atoms with Gasteiger partial charge in [-0.15, -0.1) is 0 Å². The van der Waals surface area contributed by atoms with E-state index in [4.69, 9.17) is 0 Å². The lowest BCUT2D eigenvalue weighted by Gasteiger charge is -2.39. The molecule has 0 spiro atoms. The van der Waals surface area contributed by atoms with E-state index in [-0.39, 0.29) is 17.9 Å². The van der Waals surface area contributed by atoms with Gasteiger partial charge >= 0.3 is 0 Å². The van der Waals surface area contributed by atoms with Gasteiger partial charge in [-0.05, 0) is 38.3 Å². The number of pyridine rings is 1. The van der Waals surface area contributed by atoms with Crippen molar-refractivity contribution in [2.24, 2.45) is 0 Å². The van der Waals surface area contributed by atoms with Crippen LogP contribution in [0.5, 0.6) is 0 Å². The molecule has 132 valence electrons. The highest BCUT2D eigenvalue weighted by Crippen LogP contribution is 2.32. The van der Waals surface area contributed by atoms with Crippen molar-refractivity contribution in [2.75, 3.05) is 26.2 Å². The third-order valence-electron chi connectivity index (χ3n) is 5.63. The monoisotopic (exact) mass is 339 g/mol. The Morgan fingerprint density at radius 3 is 2.88 bits per heavy atom. The van der Waals surface area contributed by atoms with Gasteiger partial charge in [-0.2, -0.15) is 5.10 Å². The van der Waals surface area contributed by atoms with Gasteiger partial charge in [-0.1, -0.05) is 6.07 Å². The lowest BCUT2D eigenvalue weighted by Crippen LogP contribution is -2.50. The predicted octanol–water partition coefficient (Wildman–Crippen LogP) is 2.13. The maximum atomic E-state index is 13.0. The molecule has 1 saturated heterocycles. The minimum Gasteiger partial charge on any atom is -0.340 e. The summed E-state index contributed by atoms with van der Waals surface area (Å²) in [4.78, 5) is 21.9. The van der Waals surface area contributed by atoms with Crippen LogP contribution in [0.4, 0.5) is 0 Å². The highest BCUT2D eigenvalue weighted by atomic mass is 16.2. The van der Waals surface area contributed by atoms with Gasteiger partial charge in [0.15, 0.2) is 0 Å². The Labute approximate surface area is 148 Å². The van der Waals surface area contributed by atoms with Crippen LogP contribution in [0, 0.1) is 0 Å². The minimum absolute atomic E-state index is 0.0118. The fraction of sp³-hybridized carbons (Fsp3) is 0.526. The van der Waals surface area contributed by atoms with Crippen LogP contribution in [0.1, 0.15) is 48.7 Å². The minimum atomic E-state index is -0.0118. The van der Waals surface area contributed by atoms with E-state index in [1.807, 2.05) is 29.4 Å². The molecule has 25 heavy (non-hydrogen) atoms. The molecule has 2 aliphatic rings. The number of hydrogen-bond donors (Lipinski definition) is 1. The van der Waals surface area contributed by atoms with Crippen molar-refractivity contribution in [3.05, 3.63) is 47.5 Å². The Morgan fingerprint density at radius 2 is 2.12 bits per heavy atom. The fourth-order valence-electron chi connectivity index (χ4n) is 4.08. The van der Waals surface area contributed by atoms with Crippen molar-refractivity contribution >= 4 is 5.91 Å². The Bertz CT molecular complexity index is 720. The first-order chi connectivity index (χ1) is 12.2. The normalized spacial score (nSPS) is 22.4. The second-order valence-electron chi connectivity index (χ2n) is 7.04. The van der Waals surface area contributed by atoms with Crippen molar-refractivity contribution < 1.29 is 4.79 Å². The van der Waals surface area contributed by atoms with Crippen LogP contribution < -0.4 is 0 Å². The van der Waals surface area contributed by atoms with E-state index in [2.05, 4.69) is 33.1 Å². The molecule has 2 atom stereocenters. The number of carbonyl (C=O) groups is 1. The molecule has 2 aromatic rings. The number of aromatic nitrogens is 3. The maximum Gasteiger partial charge on any atom is 0.230 e. The van der Waals surface area contributed by atoms with Crippen LogP contribution in [0.2, 0.25) is 0 Å². The van der Waals surface area contributed by atoms with Gasteiger partial charge in [0.2, 0.25) is 5.91 Å². The van der Waals surface area contributed by atoms with E-state index in [1.165, 1.54) is 0 Å². The number of nitrogens with one attached hydrogen (secondary N) is 1. The second kappa shape index (κ2) is 6.96. The number of fused-ring (bicyclic) bond motifs is 1. The molecular formula is C19H25N5O. The predicted molar refractivity (Wildman–Crippen MR) is 95.1 cm³/mol. The smallest absolute Gasteiger partial charge is 0.230 e. The van der Waals surface area contributed by atoms with Crippen LogP contribution >= 0.6 is 0 Å². The SMILES string of the molecule is C[C@@H](c1ccccn1)N1CCN(C(=O)[C@@H]2CCCc3[nH]ncc32)CC1. The van der Waals surface area contributed by atoms with E-state index in [0.29, 0.717) is 0 Å². The largest absolute Gasteiger partial charge is 0.340 e. The molecule has 1 aliphatic carbocycles. The summed E-state index contributed by atoms with van der Waals surface area (Å²) in [6.07, 6.45) is 6.69. The van der Waals surface area contributed by atoms with Crippen LogP contribution in [-0.4, -0.2) is 57.1 Å². The zero-order chi connectivity index (χ0) is 17.2. The van der Waals surface area contributed by atoms with Gasteiger partial charge in [-0.3, -0.25) is 19.8 Å². The molecule has 0 bridgehead atoms. The topological polar surface area (TPSA) is 65.1 Å². The van der Waals surface area contributed by atoms with E-state index >= 15 is 0 Å². The van der Waals surface area contributed by atoms with E-state index in [9.17, 15) is 4.79 Å². The molecule has 6 heteroatoms. The third-order valence-corrected chi connectivity index (χ3v) is 5.63. The molecule has 1 amide bonds. The summed E-state index contributed by atoms with van der Waals surface area (Å²) in [6.45, 7) is 5.57. The molecule has 2 aromatic heterocycles. The summed E-state index contributed by atoms with van der Waals surface area (Å²) in [5.74, 6) is 0.259. The zero-order valence-corrected chi connectivity index (χ0v) is 14.7. The average Bonchev–Trinajstić information content (AvgIpc) is 3.16. The van der Waals surface area contributed by atoms with Gasteiger partial charge in [0.05, 0.1) is 17.8 Å². The molecule has 1 fully saturated rings. The number of amides is 1. The molecule has 0 aromatic carbocycles.